The molecule has 4 heteroatoms. The Bertz CT molecular complexity index is 260. The molecule has 0 aromatic carbocycles. The van der Waals surface area contributed by atoms with Crippen molar-refractivity contribution < 1.29 is 4.42 Å². The summed E-state index contributed by atoms with van der Waals surface area (Å²) in [6.07, 6.45) is 2.55. The highest BCUT2D eigenvalue weighted by Gasteiger charge is 2.12. The first-order chi connectivity index (χ1) is 6.11. The summed E-state index contributed by atoms with van der Waals surface area (Å²) in [5.74, 6) is 0.835. The van der Waals surface area contributed by atoms with Crippen LogP contribution in [0, 0.1) is 0 Å². The molecule has 2 N–H and O–H groups in total. The van der Waals surface area contributed by atoms with E-state index in [4.69, 9.17) is 10.2 Å². The summed E-state index contributed by atoms with van der Waals surface area (Å²) < 4.78 is 6.23. The second-order valence-electron chi connectivity index (χ2n) is 3.33. The maximum Gasteiger partial charge on any atom is 0.134 e. The van der Waals surface area contributed by atoms with Crippen molar-refractivity contribution in [2.75, 3.05) is 20.6 Å². The molecule has 0 radical (unpaired) electrons. The van der Waals surface area contributed by atoms with Gasteiger partial charge in [0.1, 0.15) is 5.76 Å². The van der Waals surface area contributed by atoms with Crippen LogP contribution in [0.1, 0.15) is 18.2 Å². The van der Waals surface area contributed by atoms with E-state index >= 15 is 0 Å². The van der Waals surface area contributed by atoms with E-state index in [1.165, 1.54) is 0 Å². The van der Waals surface area contributed by atoms with Crippen LogP contribution in [0.2, 0.25) is 0 Å². The van der Waals surface area contributed by atoms with Crippen LogP contribution in [-0.2, 0) is 0 Å². The molecule has 1 aromatic heterocycles. The lowest BCUT2D eigenvalue weighted by Gasteiger charge is -2.13. The SMILES string of the molecule is CN(C)CCC(N)c1occc1Br. The predicted octanol–water partition coefficient (Wildman–Crippen LogP) is 1.99. The van der Waals surface area contributed by atoms with Gasteiger partial charge < -0.3 is 15.1 Å². The Labute approximate surface area is 87.0 Å². The zero-order valence-electron chi connectivity index (χ0n) is 7.96. The first-order valence-electron chi connectivity index (χ1n) is 4.24. The Kier molecular flexibility index (Phi) is 3.96. The molecule has 0 spiro atoms. The number of hydrogen-bond acceptors (Lipinski definition) is 3. The molecule has 3 nitrogen and oxygen atoms in total. The highest BCUT2D eigenvalue weighted by Crippen LogP contribution is 2.24. The lowest BCUT2D eigenvalue weighted by molar-refractivity contribution is 0.361. The molecule has 0 aliphatic heterocycles. The molecule has 0 aliphatic rings. The van der Waals surface area contributed by atoms with E-state index in [1.807, 2.05) is 20.2 Å². The summed E-state index contributed by atoms with van der Waals surface area (Å²) >= 11 is 3.39. The summed E-state index contributed by atoms with van der Waals surface area (Å²) in [4.78, 5) is 2.11. The second-order valence-corrected chi connectivity index (χ2v) is 4.19. The Morgan fingerprint density at radius 2 is 2.31 bits per heavy atom. The molecule has 0 saturated heterocycles. The summed E-state index contributed by atoms with van der Waals surface area (Å²) in [7, 11) is 4.06. The van der Waals surface area contributed by atoms with Gasteiger partial charge >= 0.3 is 0 Å². The van der Waals surface area contributed by atoms with Crippen molar-refractivity contribution in [1.29, 1.82) is 0 Å². The lowest BCUT2D eigenvalue weighted by Crippen LogP contribution is -2.19. The van der Waals surface area contributed by atoms with Gasteiger partial charge in [-0.25, -0.2) is 0 Å². The summed E-state index contributed by atoms with van der Waals surface area (Å²) in [6.45, 7) is 0.967. The van der Waals surface area contributed by atoms with Crippen LogP contribution in [0.25, 0.3) is 0 Å². The maximum atomic E-state index is 5.94. The molecule has 13 heavy (non-hydrogen) atoms. The van der Waals surface area contributed by atoms with Crippen molar-refractivity contribution in [3.05, 3.63) is 22.6 Å². The van der Waals surface area contributed by atoms with Crippen molar-refractivity contribution in [1.82, 2.24) is 4.90 Å². The van der Waals surface area contributed by atoms with Gasteiger partial charge in [0.25, 0.3) is 0 Å². The summed E-state index contributed by atoms with van der Waals surface area (Å²) in [5.41, 5.74) is 5.94. The Morgan fingerprint density at radius 1 is 1.62 bits per heavy atom. The van der Waals surface area contributed by atoms with Gasteiger partial charge in [-0.05, 0) is 49.1 Å². The predicted molar refractivity (Wildman–Crippen MR) is 56.5 cm³/mol. The van der Waals surface area contributed by atoms with Crippen molar-refractivity contribution in [2.45, 2.75) is 12.5 Å². The molecular formula is C9H15BrN2O. The first kappa shape index (κ1) is 10.8. The number of nitrogens with zero attached hydrogens (tertiary/aromatic N) is 1. The van der Waals surface area contributed by atoms with Gasteiger partial charge in [-0.1, -0.05) is 0 Å². The topological polar surface area (TPSA) is 42.4 Å². The number of nitrogens with two attached hydrogens (primary N) is 1. The Hall–Kier alpha value is -0.320. The molecule has 0 aliphatic carbocycles. The molecule has 74 valence electrons. The fraction of sp³-hybridized carbons (Fsp3) is 0.556. The molecule has 1 rings (SSSR count). The van der Waals surface area contributed by atoms with Crippen LogP contribution in [0.5, 0.6) is 0 Å². The normalized spacial score (nSPS) is 13.6. The minimum Gasteiger partial charge on any atom is -0.466 e. The van der Waals surface area contributed by atoms with E-state index in [1.54, 1.807) is 6.26 Å². The van der Waals surface area contributed by atoms with Gasteiger partial charge in [0, 0.05) is 0 Å². The van der Waals surface area contributed by atoms with Crippen molar-refractivity contribution >= 4 is 15.9 Å². The quantitative estimate of drug-likeness (QED) is 0.884. The van der Waals surface area contributed by atoms with Crippen molar-refractivity contribution in [3.8, 4) is 0 Å². The monoisotopic (exact) mass is 246 g/mol. The molecule has 1 heterocycles. The molecule has 0 saturated carbocycles. The van der Waals surface area contributed by atoms with E-state index in [0.717, 1.165) is 23.2 Å². The summed E-state index contributed by atoms with van der Waals surface area (Å²) in [5, 5.41) is 0. The maximum absolute atomic E-state index is 5.94. The molecular weight excluding hydrogens is 232 g/mol. The number of hydrogen-bond donors (Lipinski definition) is 1. The fourth-order valence-corrected chi connectivity index (χ4v) is 1.59. The molecule has 1 aromatic rings. The minimum atomic E-state index is -0.0215. The van der Waals surface area contributed by atoms with E-state index in [9.17, 15) is 0 Å². The first-order valence-corrected chi connectivity index (χ1v) is 5.03. The standard InChI is InChI=1S/C9H15BrN2O/c1-12(2)5-3-8(11)9-7(10)4-6-13-9/h4,6,8H,3,5,11H2,1-2H3. The Balaban J connectivity index is 2.49. The molecule has 0 bridgehead atoms. The van der Waals surface area contributed by atoms with E-state index in [0.29, 0.717) is 0 Å². The second kappa shape index (κ2) is 4.79. The van der Waals surface area contributed by atoms with Gasteiger partial charge in [0.15, 0.2) is 0 Å². The zero-order chi connectivity index (χ0) is 9.84. The zero-order valence-corrected chi connectivity index (χ0v) is 9.54. The molecule has 1 unspecified atom stereocenters. The van der Waals surface area contributed by atoms with E-state index in [2.05, 4.69) is 20.8 Å². The van der Waals surface area contributed by atoms with Crippen LogP contribution >= 0.6 is 15.9 Å². The summed E-state index contributed by atoms with van der Waals surface area (Å²) in [6, 6.07) is 1.84. The van der Waals surface area contributed by atoms with Gasteiger partial charge in [0.05, 0.1) is 16.8 Å². The van der Waals surface area contributed by atoms with Crippen LogP contribution < -0.4 is 5.73 Å². The van der Waals surface area contributed by atoms with Crippen LogP contribution in [0.3, 0.4) is 0 Å². The Morgan fingerprint density at radius 3 is 2.77 bits per heavy atom. The number of rotatable bonds is 4. The minimum absolute atomic E-state index is 0.0215. The van der Waals surface area contributed by atoms with Gasteiger partial charge in [-0.15, -0.1) is 0 Å². The molecule has 0 fully saturated rings. The highest BCUT2D eigenvalue weighted by atomic mass is 79.9. The van der Waals surface area contributed by atoms with E-state index in [-0.39, 0.29) is 6.04 Å². The largest absolute Gasteiger partial charge is 0.466 e. The van der Waals surface area contributed by atoms with Crippen molar-refractivity contribution in [2.24, 2.45) is 5.73 Å². The third-order valence-corrected chi connectivity index (χ3v) is 2.52. The smallest absolute Gasteiger partial charge is 0.134 e. The average molecular weight is 247 g/mol. The van der Waals surface area contributed by atoms with Crippen LogP contribution in [0.15, 0.2) is 21.2 Å². The van der Waals surface area contributed by atoms with E-state index < -0.39 is 0 Å². The third kappa shape index (κ3) is 3.14. The van der Waals surface area contributed by atoms with Gasteiger partial charge in [-0.2, -0.15) is 0 Å². The van der Waals surface area contributed by atoms with Crippen LogP contribution in [0.4, 0.5) is 0 Å². The lowest BCUT2D eigenvalue weighted by atomic mass is 10.1. The number of furan rings is 1. The van der Waals surface area contributed by atoms with Gasteiger partial charge in [0.2, 0.25) is 0 Å². The third-order valence-electron chi connectivity index (χ3n) is 1.87. The fourth-order valence-electron chi connectivity index (χ4n) is 1.10. The highest BCUT2D eigenvalue weighted by molar-refractivity contribution is 9.10. The van der Waals surface area contributed by atoms with Gasteiger partial charge in [-0.3, -0.25) is 0 Å². The molecule has 1 atom stereocenters. The van der Waals surface area contributed by atoms with Crippen LogP contribution in [-0.4, -0.2) is 25.5 Å². The number of halogens is 1. The molecule has 0 amide bonds. The van der Waals surface area contributed by atoms with Crippen molar-refractivity contribution in [3.63, 3.8) is 0 Å². The average Bonchev–Trinajstić information content (AvgIpc) is 2.47.